The fourth-order valence-corrected chi connectivity index (χ4v) is 3.50. The second kappa shape index (κ2) is 12.1. The molecule has 1 N–H and O–H groups in total. The van der Waals surface area contributed by atoms with Crippen LogP contribution in [0.3, 0.4) is 0 Å². The molecule has 0 aromatic rings. The molecule has 2 heterocycles. The molecule has 0 saturated carbocycles. The van der Waals surface area contributed by atoms with Crippen molar-refractivity contribution >= 4 is 11.9 Å². The third-order valence-electron chi connectivity index (χ3n) is 4.92. The minimum absolute atomic E-state index is 0.0334. The Labute approximate surface area is 158 Å². The summed E-state index contributed by atoms with van der Waals surface area (Å²) in [5.74, 6) is 0.834. The summed E-state index contributed by atoms with van der Waals surface area (Å²) in [5, 5.41) is 3.38. The van der Waals surface area contributed by atoms with Crippen molar-refractivity contribution < 1.29 is 14.3 Å². The number of carbonyl (C=O) groups is 1. The molecule has 150 valence electrons. The summed E-state index contributed by atoms with van der Waals surface area (Å²) >= 11 is 0. The average Bonchev–Trinajstić information content (AvgIpc) is 2.68. The van der Waals surface area contributed by atoms with Crippen LogP contribution in [0.1, 0.15) is 39.5 Å². The zero-order chi connectivity index (χ0) is 18.6. The second-order valence-corrected chi connectivity index (χ2v) is 6.93. The highest BCUT2D eigenvalue weighted by atomic mass is 16.5. The van der Waals surface area contributed by atoms with E-state index in [4.69, 9.17) is 14.5 Å². The molecule has 2 saturated heterocycles. The standard InChI is InChI=1S/C19H36N4O3/c1-3-20-19(21-9-5-6-10-22-12-14-25-15-13-22)23-11-7-8-17(16-23)18(24)26-4-2/h17H,3-16H2,1-2H3,(H,20,21). The van der Waals surface area contributed by atoms with E-state index in [-0.39, 0.29) is 11.9 Å². The molecular weight excluding hydrogens is 332 g/mol. The van der Waals surface area contributed by atoms with Gasteiger partial charge in [0.25, 0.3) is 0 Å². The molecule has 0 amide bonds. The first-order valence-electron chi connectivity index (χ1n) is 10.2. The Balaban J connectivity index is 1.76. The van der Waals surface area contributed by atoms with E-state index in [2.05, 4.69) is 22.0 Å². The van der Waals surface area contributed by atoms with Crippen LogP contribution in [0.25, 0.3) is 0 Å². The number of esters is 1. The van der Waals surface area contributed by atoms with E-state index in [1.165, 1.54) is 0 Å². The van der Waals surface area contributed by atoms with Crippen molar-refractivity contribution in [2.24, 2.45) is 10.9 Å². The van der Waals surface area contributed by atoms with Crippen LogP contribution >= 0.6 is 0 Å². The van der Waals surface area contributed by atoms with Gasteiger partial charge in [0.1, 0.15) is 0 Å². The van der Waals surface area contributed by atoms with E-state index in [9.17, 15) is 4.79 Å². The number of hydrogen-bond donors (Lipinski definition) is 1. The fourth-order valence-electron chi connectivity index (χ4n) is 3.50. The highest BCUT2D eigenvalue weighted by molar-refractivity contribution is 5.81. The molecule has 2 fully saturated rings. The van der Waals surface area contributed by atoms with Gasteiger partial charge in [0.05, 0.1) is 25.7 Å². The molecule has 26 heavy (non-hydrogen) atoms. The predicted molar refractivity (Wildman–Crippen MR) is 103 cm³/mol. The van der Waals surface area contributed by atoms with E-state index in [1.807, 2.05) is 6.92 Å². The number of guanidine groups is 1. The maximum Gasteiger partial charge on any atom is 0.310 e. The van der Waals surface area contributed by atoms with Crippen molar-refractivity contribution in [2.75, 3.05) is 65.6 Å². The summed E-state index contributed by atoms with van der Waals surface area (Å²) < 4.78 is 10.6. The minimum Gasteiger partial charge on any atom is -0.466 e. The molecule has 2 aliphatic rings. The second-order valence-electron chi connectivity index (χ2n) is 6.93. The molecule has 0 aromatic heterocycles. The van der Waals surface area contributed by atoms with Crippen LogP contribution in [0.15, 0.2) is 4.99 Å². The van der Waals surface area contributed by atoms with E-state index >= 15 is 0 Å². The van der Waals surface area contributed by atoms with Crippen molar-refractivity contribution in [2.45, 2.75) is 39.5 Å². The number of unbranched alkanes of at least 4 members (excludes halogenated alkanes) is 1. The number of morpholine rings is 1. The number of ether oxygens (including phenoxy) is 2. The Bertz CT molecular complexity index is 439. The third-order valence-corrected chi connectivity index (χ3v) is 4.92. The van der Waals surface area contributed by atoms with Gasteiger partial charge in [-0.2, -0.15) is 0 Å². The molecule has 0 spiro atoms. The van der Waals surface area contributed by atoms with E-state index in [0.29, 0.717) is 13.2 Å². The van der Waals surface area contributed by atoms with Crippen LogP contribution in [0.2, 0.25) is 0 Å². The van der Waals surface area contributed by atoms with Crippen LogP contribution < -0.4 is 5.32 Å². The lowest BCUT2D eigenvalue weighted by Gasteiger charge is -2.34. The zero-order valence-electron chi connectivity index (χ0n) is 16.5. The molecule has 0 bridgehead atoms. The molecular formula is C19H36N4O3. The number of nitrogens with one attached hydrogen (secondary N) is 1. The zero-order valence-corrected chi connectivity index (χ0v) is 16.5. The van der Waals surface area contributed by atoms with Gasteiger partial charge in [-0.1, -0.05) is 0 Å². The Hall–Kier alpha value is -1.34. The van der Waals surface area contributed by atoms with Crippen molar-refractivity contribution in [3.05, 3.63) is 0 Å². The van der Waals surface area contributed by atoms with Gasteiger partial charge in [0.15, 0.2) is 5.96 Å². The molecule has 1 atom stereocenters. The number of piperidine rings is 1. The number of nitrogens with zero attached hydrogens (tertiary/aromatic N) is 3. The van der Waals surface area contributed by atoms with Gasteiger partial charge in [0, 0.05) is 39.3 Å². The van der Waals surface area contributed by atoms with Gasteiger partial charge in [0.2, 0.25) is 0 Å². The maximum absolute atomic E-state index is 12.1. The number of hydrogen-bond acceptors (Lipinski definition) is 5. The Morgan fingerprint density at radius 1 is 1.23 bits per heavy atom. The lowest BCUT2D eigenvalue weighted by atomic mass is 9.98. The van der Waals surface area contributed by atoms with Gasteiger partial charge in [-0.3, -0.25) is 14.7 Å². The van der Waals surface area contributed by atoms with Gasteiger partial charge >= 0.3 is 5.97 Å². The summed E-state index contributed by atoms with van der Waals surface area (Å²) in [5.41, 5.74) is 0. The molecule has 0 radical (unpaired) electrons. The number of likely N-dealkylation sites (tertiary alicyclic amines) is 1. The Morgan fingerprint density at radius 2 is 2.04 bits per heavy atom. The summed E-state index contributed by atoms with van der Waals surface area (Å²) in [6.07, 6.45) is 4.16. The van der Waals surface area contributed by atoms with Gasteiger partial charge in [-0.25, -0.2) is 0 Å². The first-order valence-corrected chi connectivity index (χ1v) is 10.2. The molecule has 0 aromatic carbocycles. The molecule has 7 nitrogen and oxygen atoms in total. The fraction of sp³-hybridized carbons (Fsp3) is 0.895. The van der Waals surface area contributed by atoms with Gasteiger partial charge in [-0.05, 0) is 46.1 Å². The smallest absolute Gasteiger partial charge is 0.310 e. The topological polar surface area (TPSA) is 66.4 Å². The number of carbonyl (C=O) groups excluding carboxylic acids is 1. The minimum atomic E-state index is -0.0708. The quantitative estimate of drug-likeness (QED) is 0.302. The highest BCUT2D eigenvalue weighted by Gasteiger charge is 2.28. The summed E-state index contributed by atoms with van der Waals surface area (Å²) in [6.45, 7) is 12.7. The third kappa shape index (κ3) is 7.11. The number of rotatable bonds is 8. The van der Waals surface area contributed by atoms with Crippen LogP contribution in [0.4, 0.5) is 0 Å². The van der Waals surface area contributed by atoms with Crippen LogP contribution in [0.5, 0.6) is 0 Å². The van der Waals surface area contributed by atoms with Gasteiger partial charge in [-0.15, -0.1) is 0 Å². The maximum atomic E-state index is 12.1. The van der Waals surface area contributed by atoms with Gasteiger partial charge < -0.3 is 19.7 Å². The molecule has 7 heteroatoms. The first-order chi connectivity index (χ1) is 12.7. The SMILES string of the molecule is CCNC(=NCCCCN1CCOCC1)N1CCCC(C(=O)OCC)C1. The lowest BCUT2D eigenvalue weighted by Crippen LogP contribution is -2.48. The van der Waals surface area contributed by atoms with Crippen molar-refractivity contribution in [3.63, 3.8) is 0 Å². The lowest BCUT2D eigenvalue weighted by molar-refractivity contribution is -0.149. The first kappa shape index (κ1) is 21.0. The monoisotopic (exact) mass is 368 g/mol. The van der Waals surface area contributed by atoms with Crippen LogP contribution in [-0.4, -0.2) is 87.4 Å². The molecule has 0 aliphatic carbocycles. The van der Waals surface area contributed by atoms with E-state index in [0.717, 1.165) is 84.1 Å². The summed E-state index contributed by atoms with van der Waals surface area (Å²) in [6, 6.07) is 0. The highest BCUT2D eigenvalue weighted by Crippen LogP contribution is 2.18. The van der Waals surface area contributed by atoms with E-state index < -0.39 is 0 Å². The largest absolute Gasteiger partial charge is 0.466 e. The van der Waals surface area contributed by atoms with E-state index in [1.54, 1.807) is 0 Å². The van der Waals surface area contributed by atoms with Crippen LogP contribution in [0, 0.1) is 5.92 Å². The number of aliphatic imine (C=N–C) groups is 1. The van der Waals surface area contributed by atoms with Crippen LogP contribution in [-0.2, 0) is 14.3 Å². The summed E-state index contributed by atoms with van der Waals surface area (Å²) in [7, 11) is 0. The average molecular weight is 369 g/mol. The molecule has 1 unspecified atom stereocenters. The van der Waals surface area contributed by atoms with Crippen molar-refractivity contribution in [3.8, 4) is 0 Å². The molecule has 2 aliphatic heterocycles. The summed E-state index contributed by atoms with van der Waals surface area (Å²) in [4.78, 5) is 21.5. The molecule has 2 rings (SSSR count). The van der Waals surface area contributed by atoms with Crippen molar-refractivity contribution in [1.29, 1.82) is 0 Å². The predicted octanol–water partition coefficient (Wildman–Crippen LogP) is 1.34. The Morgan fingerprint density at radius 3 is 2.77 bits per heavy atom. The van der Waals surface area contributed by atoms with Crippen molar-refractivity contribution in [1.82, 2.24) is 15.1 Å². The normalized spacial score (nSPS) is 22.3. The Kier molecular flexibility index (Phi) is 9.77.